The van der Waals surface area contributed by atoms with Crippen molar-refractivity contribution in [2.45, 2.75) is 13.3 Å². The highest BCUT2D eigenvalue weighted by molar-refractivity contribution is 7.15. The van der Waals surface area contributed by atoms with Gasteiger partial charge in [0.25, 0.3) is 0 Å². The molecule has 2 N–H and O–H groups in total. The number of anilines is 1. The zero-order valence-corrected chi connectivity index (χ0v) is 10.2. The Balaban J connectivity index is 2.29. The number of thiazole rings is 1. The molecule has 1 aromatic heterocycles. The molecule has 0 saturated carbocycles. The van der Waals surface area contributed by atoms with Crippen molar-refractivity contribution < 1.29 is 4.74 Å². The maximum absolute atomic E-state index is 5.61. The molecule has 0 fully saturated rings. The van der Waals surface area contributed by atoms with Gasteiger partial charge in [0.1, 0.15) is 5.75 Å². The van der Waals surface area contributed by atoms with Crippen LogP contribution in [0.2, 0.25) is 0 Å². The fraction of sp³-hybridized carbons (Fsp3) is 0.250. The largest absolute Gasteiger partial charge is 0.496 e. The first kappa shape index (κ1) is 11.0. The Labute approximate surface area is 98.9 Å². The van der Waals surface area contributed by atoms with Crippen molar-refractivity contribution in [3.05, 3.63) is 40.4 Å². The van der Waals surface area contributed by atoms with Gasteiger partial charge in [-0.1, -0.05) is 17.7 Å². The predicted molar refractivity (Wildman–Crippen MR) is 67.1 cm³/mol. The minimum Gasteiger partial charge on any atom is -0.496 e. The first-order chi connectivity index (χ1) is 7.69. The van der Waals surface area contributed by atoms with E-state index < -0.39 is 0 Å². The molecule has 1 aromatic carbocycles. The van der Waals surface area contributed by atoms with Crippen LogP contribution >= 0.6 is 11.3 Å². The number of ether oxygens (including phenoxy) is 1. The molecule has 0 unspecified atom stereocenters. The Morgan fingerprint density at radius 3 is 2.88 bits per heavy atom. The second-order valence-corrected chi connectivity index (χ2v) is 4.80. The van der Waals surface area contributed by atoms with E-state index in [4.69, 9.17) is 10.5 Å². The van der Waals surface area contributed by atoms with Crippen LogP contribution in [0, 0.1) is 6.92 Å². The van der Waals surface area contributed by atoms with Gasteiger partial charge in [0.05, 0.1) is 7.11 Å². The van der Waals surface area contributed by atoms with Crippen LogP contribution in [-0.4, -0.2) is 12.1 Å². The third-order valence-electron chi connectivity index (χ3n) is 2.37. The van der Waals surface area contributed by atoms with Crippen LogP contribution in [0.3, 0.4) is 0 Å². The van der Waals surface area contributed by atoms with Gasteiger partial charge in [-0.3, -0.25) is 0 Å². The van der Waals surface area contributed by atoms with Crippen molar-refractivity contribution in [2.75, 3.05) is 12.8 Å². The lowest BCUT2D eigenvalue weighted by Crippen LogP contribution is -1.93. The number of nitrogen functional groups attached to an aromatic ring is 1. The Morgan fingerprint density at radius 1 is 1.44 bits per heavy atom. The number of methoxy groups -OCH3 is 1. The molecule has 0 spiro atoms. The molecule has 16 heavy (non-hydrogen) atoms. The summed E-state index contributed by atoms with van der Waals surface area (Å²) in [6, 6.07) is 6.17. The van der Waals surface area contributed by atoms with Crippen LogP contribution in [-0.2, 0) is 6.42 Å². The van der Waals surface area contributed by atoms with Gasteiger partial charge in [0.2, 0.25) is 0 Å². The number of aromatic nitrogens is 1. The summed E-state index contributed by atoms with van der Waals surface area (Å²) in [6.45, 7) is 2.07. The summed E-state index contributed by atoms with van der Waals surface area (Å²) >= 11 is 1.52. The summed E-state index contributed by atoms with van der Waals surface area (Å²) in [5.74, 6) is 0.914. The Kier molecular flexibility index (Phi) is 3.10. The predicted octanol–water partition coefficient (Wildman–Crippen LogP) is 2.63. The van der Waals surface area contributed by atoms with E-state index in [2.05, 4.69) is 18.0 Å². The fourth-order valence-electron chi connectivity index (χ4n) is 1.64. The van der Waals surface area contributed by atoms with E-state index in [9.17, 15) is 0 Å². The van der Waals surface area contributed by atoms with Gasteiger partial charge in [-0.15, -0.1) is 11.3 Å². The van der Waals surface area contributed by atoms with Gasteiger partial charge in [-0.2, -0.15) is 0 Å². The van der Waals surface area contributed by atoms with Crippen LogP contribution < -0.4 is 10.5 Å². The topological polar surface area (TPSA) is 48.1 Å². The molecule has 0 aliphatic rings. The molecule has 0 aliphatic carbocycles. The molecule has 0 amide bonds. The number of aryl methyl sites for hydroxylation is 1. The molecule has 0 radical (unpaired) electrons. The molecule has 0 bridgehead atoms. The Morgan fingerprint density at radius 2 is 2.25 bits per heavy atom. The van der Waals surface area contributed by atoms with E-state index in [0.29, 0.717) is 5.13 Å². The summed E-state index contributed by atoms with van der Waals surface area (Å²) in [7, 11) is 1.69. The zero-order valence-electron chi connectivity index (χ0n) is 9.36. The van der Waals surface area contributed by atoms with Gasteiger partial charge < -0.3 is 10.5 Å². The summed E-state index contributed by atoms with van der Waals surface area (Å²) < 4.78 is 5.33. The van der Waals surface area contributed by atoms with Crippen LogP contribution in [0.15, 0.2) is 24.4 Å². The standard InChI is InChI=1S/C12H14N2OS/c1-8-3-4-11(15-2)9(5-8)6-10-7-14-12(13)16-10/h3-5,7H,6H2,1-2H3,(H2,13,14). The molecule has 4 heteroatoms. The summed E-state index contributed by atoms with van der Waals surface area (Å²) in [5.41, 5.74) is 8.01. The molecular formula is C12H14N2OS. The van der Waals surface area contributed by atoms with Gasteiger partial charge in [0.15, 0.2) is 5.13 Å². The average Bonchev–Trinajstić information content (AvgIpc) is 2.64. The number of hydrogen-bond acceptors (Lipinski definition) is 4. The van der Waals surface area contributed by atoms with E-state index in [0.717, 1.165) is 17.0 Å². The zero-order chi connectivity index (χ0) is 11.5. The van der Waals surface area contributed by atoms with Crippen LogP contribution in [0.25, 0.3) is 0 Å². The van der Waals surface area contributed by atoms with Crippen molar-refractivity contribution in [3.63, 3.8) is 0 Å². The van der Waals surface area contributed by atoms with E-state index >= 15 is 0 Å². The Hall–Kier alpha value is -1.55. The number of nitrogens with zero attached hydrogens (tertiary/aromatic N) is 1. The van der Waals surface area contributed by atoms with Gasteiger partial charge >= 0.3 is 0 Å². The highest BCUT2D eigenvalue weighted by Gasteiger charge is 2.06. The van der Waals surface area contributed by atoms with Crippen molar-refractivity contribution in [3.8, 4) is 5.75 Å². The average molecular weight is 234 g/mol. The number of nitrogens with two attached hydrogens (primary N) is 1. The van der Waals surface area contributed by atoms with Crippen LogP contribution in [0.5, 0.6) is 5.75 Å². The normalized spacial score (nSPS) is 10.4. The smallest absolute Gasteiger partial charge is 0.180 e. The van der Waals surface area contributed by atoms with Crippen LogP contribution in [0.4, 0.5) is 5.13 Å². The van der Waals surface area contributed by atoms with Crippen molar-refractivity contribution >= 4 is 16.5 Å². The molecule has 84 valence electrons. The third kappa shape index (κ3) is 2.33. The maximum Gasteiger partial charge on any atom is 0.180 e. The molecule has 0 aliphatic heterocycles. The number of benzene rings is 1. The SMILES string of the molecule is COc1ccc(C)cc1Cc1cnc(N)s1. The summed E-state index contributed by atoms with van der Waals surface area (Å²) in [6.07, 6.45) is 2.64. The molecule has 2 aromatic rings. The first-order valence-corrected chi connectivity index (χ1v) is 5.84. The van der Waals surface area contributed by atoms with E-state index in [1.54, 1.807) is 7.11 Å². The molecule has 0 saturated heterocycles. The van der Waals surface area contributed by atoms with E-state index in [1.165, 1.54) is 22.5 Å². The summed E-state index contributed by atoms with van der Waals surface area (Å²) in [5, 5.41) is 0.613. The van der Waals surface area contributed by atoms with E-state index in [-0.39, 0.29) is 0 Å². The van der Waals surface area contributed by atoms with Gasteiger partial charge in [-0.25, -0.2) is 4.98 Å². The molecule has 2 rings (SSSR count). The van der Waals surface area contributed by atoms with Gasteiger partial charge in [0, 0.05) is 17.5 Å². The highest BCUT2D eigenvalue weighted by atomic mass is 32.1. The maximum atomic E-state index is 5.61. The molecular weight excluding hydrogens is 220 g/mol. The molecule has 0 atom stereocenters. The minimum atomic E-state index is 0.613. The second-order valence-electron chi connectivity index (χ2n) is 3.66. The highest BCUT2D eigenvalue weighted by Crippen LogP contribution is 2.25. The third-order valence-corrected chi connectivity index (χ3v) is 3.20. The monoisotopic (exact) mass is 234 g/mol. The number of rotatable bonds is 3. The fourth-order valence-corrected chi connectivity index (χ4v) is 2.34. The minimum absolute atomic E-state index is 0.613. The first-order valence-electron chi connectivity index (χ1n) is 5.02. The molecule has 1 heterocycles. The lowest BCUT2D eigenvalue weighted by Gasteiger charge is -2.08. The summed E-state index contributed by atoms with van der Waals surface area (Å²) in [4.78, 5) is 5.20. The Bertz CT molecular complexity index is 494. The lowest BCUT2D eigenvalue weighted by atomic mass is 10.1. The number of hydrogen-bond donors (Lipinski definition) is 1. The van der Waals surface area contributed by atoms with Gasteiger partial charge in [-0.05, 0) is 18.6 Å². The lowest BCUT2D eigenvalue weighted by molar-refractivity contribution is 0.410. The second kappa shape index (κ2) is 4.53. The van der Waals surface area contributed by atoms with Crippen molar-refractivity contribution in [1.29, 1.82) is 0 Å². The quantitative estimate of drug-likeness (QED) is 0.888. The van der Waals surface area contributed by atoms with Crippen LogP contribution in [0.1, 0.15) is 16.0 Å². The van der Waals surface area contributed by atoms with E-state index in [1.807, 2.05) is 18.3 Å². The van der Waals surface area contributed by atoms with Crippen molar-refractivity contribution in [2.24, 2.45) is 0 Å². The molecule has 3 nitrogen and oxygen atoms in total. The van der Waals surface area contributed by atoms with Crippen molar-refractivity contribution in [1.82, 2.24) is 4.98 Å².